The van der Waals surface area contributed by atoms with Gasteiger partial charge < -0.3 is 4.98 Å². The molecule has 0 aliphatic rings. The van der Waals surface area contributed by atoms with Gasteiger partial charge in [0.2, 0.25) is 0 Å². The van der Waals surface area contributed by atoms with E-state index in [9.17, 15) is 0 Å². The van der Waals surface area contributed by atoms with Crippen molar-refractivity contribution < 1.29 is 0 Å². The average molecular weight is 229 g/mol. The van der Waals surface area contributed by atoms with Crippen LogP contribution in [-0.4, -0.2) is 15.0 Å². The van der Waals surface area contributed by atoms with Gasteiger partial charge in [-0.05, 0) is 31.0 Å². The summed E-state index contributed by atoms with van der Waals surface area (Å²) in [4.78, 5) is 13.1. The number of imidazole rings is 1. The van der Waals surface area contributed by atoms with Crippen molar-refractivity contribution in [2.24, 2.45) is 0 Å². The van der Waals surface area contributed by atoms with E-state index < -0.39 is 0 Å². The number of hydrogen-bond acceptors (Lipinski definition) is 3. The van der Waals surface area contributed by atoms with Gasteiger partial charge >= 0.3 is 0 Å². The van der Waals surface area contributed by atoms with E-state index in [4.69, 9.17) is 0 Å². The van der Waals surface area contributed by atoms with Crippen molar-refractivity contribution in [1.82, 2.24) is 15.0 Å². The Bertz CT molecular complexity index is 638. The molecule has 0 amide bonds. The van der Waals surface area contributed by atoms with Gasteiger partial charge in [0.25, 0.3) is 0 Å². The molecular formula is C12H11N3S. The van der Waals surface area contributed by atoms with E-state index in [1.165, 1.54) is 11.1 Å². The Morgan fingerprint density at radius 2 is 2.12 bits per heavy atom. The molecule has 0 fully saturated rings. The van der Waals surface area contributed by atoms with E-state index in [2.05, 4.69) is 40.9 Å². The number of fused-ring (bicyclic) bond motifs is 1. The molecule has 3 rings (SSSR count). The fraction of sp³-hybridized carbons (Fsp3) is 0.167. The maximum absolute atomic E-state index is 4.61. The quantitative estimate of drug-likeness (QED) is 0.695. The van der Waals surface area contributed by atoms with Gasteiger partial charge in [0.15, 0.2) is 0 Å². The summed E-state index contributed by atoms with van der Waals surface area (Å²) in [6.07, 6.45) is 1.84. The van der Waals surface area contributed by atoms with Crippen molar-refractivity contribution in [3.8, 4) is 10.7 Å². The Hall–Kier alpha value is -1.68. The lowest BCUT2D eigenvalue weighted by molar-refractivity contribution is 1.33. The smallest absolute Gasteiger partial charge is 0.150 e. The second-order valence-corrected chi connectivity index (χ2v) is 4.82. The molecule has 3 aromatic rings. The Morgan fingerprint density at radius 1 is 1.25 bits per heavy atom. The van der Waals surface area contributed by atoms with E-state index in [0.717, 1.165) is 21.7 Å². The molecule has 3 nitrogen and oxygen atoms in total. The van der Waals surface area contributed by atoms with Crippen molar-refractivity contribution in [2.75, 3.05) is 0 Å². The molecule has 0 aliphatic heterocycles. The van der Waals surface area contributed by atoms with Crippen LogP contribution in [0.2, 0.25) is 0 Å². The summed E-state index contributed by atoms with van der Waals surface area (Å²) in [5, 5.41) is 0. The third-order valence-electron chi connectivity index (χ3n) is 2.59. The lowest BCUT2D eigenvalue weighted by Crippen LogP contribution is -1.79. The monoisotopic (exact) mass is 229 g/mol. The minimum Gasteiger partial charge on any atom is -0.337 e. The van der Waals surface area contributed by atoms with E-state index >= 15 is 0 Å². The Morgan fingerprint density at radius 3 is 2.88 bits per heavy atom. The highest BCUT2D eigenvalue weighted by Gasteiger charge is 2.08. The van der Waals surface area contributed by atoms with Crippen LogP contribution in [0.5, 0.6) is 0 Å². The molecule has 0 unspecified atom stereocenters. The van der Waals surface area contributed by atoms with Gasteiger partial charge in [0, 0.05) is 6.20 Å². The highest BCUT2D eigenvalue weighted by atomic mass is 32.1. The molecule has 0 saturated carbocycles. The topological polar surface area (TPSA) is 41.6 Å². The summed E-state index contributed by atoms with van der Waals surface area (Å²) in [5.41, 5.74) is 6.43. The van der Waals surface area contributed by atoms with Crippen LogP contribution in [0.15, 0.2) is 23.8 Å². The van der Waals surface area contributed by atoms with E-state index in [-0.39, 0.29) is 0 Å². The molecule has 0 aliphatic carbocycles. The van der Waals surface area contributed by atoms with Gasteiger partial charge in [0.1, 0.15) is 5.82 Å². The third kappa shape index (κ3) is 1.42. The maximum Gasteiger partial charge on any atom is 0.150 e. The standard InChI is InChI=1S/C12H11N3S/c1-7-3-8(2)11-9(4-7)14-12(15-11)10-5-13-6-16-10/h3-6H,1-2H3,(H,14,15). The van der Waals surface area contributed by atoms with Crippen LogP contribution in [0.25, 0.3) is 21.7 Å². The SMILES string of the molecule is Cc1cc(C)c2nc(-c3cncs3)[nH]c2c1. The van der Waals surface area contributed by atoms with Crippen LogP contribution in [-0.2, 0) is 0 Å². The number of aryl methyl sites for hydroxylation is 2. The number of nitrogens with zero attached hydrogens (tertiary/aromatic N) is 2. The Kier molecular flexibility index (Phi) is 2.04. The Balaban J connectivity index is 2.27. The zero-order chi connectivity index (χ0) is 11.1. The molecular weight excluding hydrogens is 218 g/mol. The van der Waals surface area contributed by atoms with Crippen LogP contribution in [0.3, 0.4) is 0 Å². The highest BCUT2D eigenvalue weighted by Crippen LogP contribution is 2.25. The highest BCUT2D eigenvalue weighted by molar-refractivity contribution is 7.13. The molecule has 1 aromatic carbocycles. The predicted molar refractivity (Wildman–Crippen MR) is 66.7 cm³/mol. The van der Waals surface area contributed by atoms with Gasteiger partial charge in [-0.1, -0.05) is 6.07 Å². The van der Waals surface area contributed by atoms with Gasteiger partial charge in [0.05, 0.1) is 21.4 Å². The van der Waals surface area contributed by atoms with Crippen LogP contribution < -0.4 is 0 Å². The molecule has 4 heteroatoms. The lowest BCUT2D eigenvalue weighted by Gasteiger charge is -1.96. The molecule has 80 valence electrons. The first kappa shape index (κ1) is 9.54. The fourth-order valence-electron chi connectivity index (χ4n) is 1.92. The molecule has 0 bridgehead atoms. The third-order valence-corrected chi connectivity index (χ3v) is 3.37. The molecule has 0 saturated heterocycles. The number of thiazole rings is 1. The number of rotatable bonds is 1. The van der Waals surface area contributed by atoms with E-state index in [1.807, 2.05) is 11.7 Å². The number of hydrogen-bond donors (Lipinski definition) is 1. The maximum atomic E-state index is 4.61. The first-order valence-corrected chi connectivity index (χ1v) is 5.98. The summed E-state index contributed by atoms with van der Waals surface area (Å²) in [5.74, 6) is 0.909. The fourth-order valence-corrected chi connectivity index (χ4v) is 2.49. The van der Waals surface area contributed by atoms with Gasteiger partial charge in [-0.15, -0.1) is 11.3 Å². The number of H-pyrrole nitrogens is 1. The summed E-state index contributed by atoms with van der Waals surface area (Å²) in [7, 11) is 0. The first-order chi connectivity index (χ1) is 7.74. The first-order valence-electron chi connectivity index (χ1n) is 5.10. The number of aromatic nitrogens is 3. The summed E-state index contributed by atoms with van der Waals surface area (Å²) in [6, 6.07) is 4.28. The second kappa shape index (κ2) is 3.42. The van der Waals surface area contributed by atoms with Crippen LogP contribution >= 0.6 is 11.3 Å². The van der Waals surface area contributed by atoms with Crippen molar-refractivity contribution in [3.05, 3.63) is 35.0 Å². The summed E-state index contributed by atoms with van der Waals surface area (Å²) in [6.45, 7) is 4.19. The van der Waals surface area contributed by atoms with Crippen molar-refractivity contribution in [3.63, 3.8) is 0 Å². The van der Waals surface area contributed by atoms with Crippen molar-refractivity contribution >= 4 is 22.4 Å². The minimum atomic E-state index is 0.909. The van der Waals surface area contributed by atoms with Crippen LogP contribution in [0.4, 0.5) is 0 Å². The summed E-state index contributed by atoms with van der Waals surface area (Å²) >= 11 is 1.60. The molecule has 0 radical (unpaired) electrons. The van der Waals surface area contributed by atoms with Crippen molar-refractivity contribution in [1.29, 1.82) is 0 Å². The largest absolute Gasteiger partial charge is 0.337 e. The Labute approximate surface area is 97.2 Å². The molecule has 1 N–H and O–H groups in total. The molecule has 0 atom stereocenters. The minimum absolute atomic E-state index is 0.909. The van der Waals surface area contributed by atoms with E-state index in [1.54, 1.807) is 11.3 Å². The van der Waals surface area contributed by atoms with Gasteiger partial charge in [-0.2, -0.15) is 0 Å². The van der Waals surface area contributed by atoms with Crippen molar-refractivity contribution in [2.45, 2.75) is 13.8 Å². The summed E-state index contributed by atoms with van der Waals surface area (Å²) < 4.78 is 0. The molecule has 2 aromatic heterocycles. The number of benzene rings is 1. The van der Waals surface area contributed by atoms with Gasteiger partial charge in [-0.25, -0.2) is 4.98 Å². The lowest BCUT2D eigenvalue weighted by atomic mass is 10.1. The predicted octanol–water partition coefficient (Wildman–Crippen LogP) is 3.30. The molecule has 16 heavy (non-hydrogen) atoms. The van der Waals surface area contributed by atoms with Crippen LogP contribution in [0, 0.1) is 13.8 Å². The zero-order valence-electron chi connectivity index (χ0n) is 9.11. The molecule has 2 heterocycles. The average Bonchev–Trinajstić information content (AvgIpc) is 2.82. The van der Waals surface area contributed by atoms with E-state index in [0.29, 0.717) is 0 Å². The number of nitrogens with one attached hydrogen (secondary N) is 1. The normalized spacial score (nSPS) is 11.1. The van der Waals surface area contributed by atoms with Gasteiger partial charge in [-0.3, -0.25) is 4.98 Å². The number of aromatic amines is 1. The second-order valence-electron chi connectivity index (χ2n) is 3.93. The van der Waals surface area contributed by atoms with Crippen LogP contribution in [0.1, 0.15) is 11.1 Å². The molecule has 0 spiro atoms. The zero-order valence-corrected chi connectivity index (χ0v) is 9.93.